The Balaban J connectivity index is 0.000000534. The number of hydrogen-bond donors (Lipinski definition) is 2. The van der Waals surface area contributed by atoms with Crippen molar-refractivity contribution in [1.29, 1.82) is 5.26 Å². The summed E-state index contributed by atoms with van der Waals surface area (Å²) in [5, 5.41) is 17.5. The van der Waals surface area contributed by atoms with Gasteiger partial charge in [-0.3, -0.25) is 10.6 Å². The summed E-state index contributed by atoms with van der Waals surface area (Å²) < 4.78 is 31.7. The zero-order valence-electron chi connectivity index (χ0n) is 12.3. The first-order valence-electron chi connectivity index (χ1n) is 6.51. The summed E-state index contributed by atoms with van der Waals surface area (Å²) in [7, 11) is 0. The number of amides is 1. The number of carboxylic acids is 1. The lowest BCUT2D eigenvalue weighted by atomic mass is 10.2. The number of nitriles is 1. The molecule has 10 heteroatoms. The second kappa shape index (κ2) is 8.55. The summed E-state index contributed by atoms with van der Waals surface area (Å²) in [5.74, 6) is 2.87. The Morgan fingerprint density at radius 3 is 2.36 bits per heavy atom. The Morgan fingerprint density at radius 1 is 1.50 bits per heavy atom. The van der Waals surface area contributed by atoms with Gasteiger partial charge >= 0.3 is 12.1 Å². The number of hydrazine groups is 1. The monoisotopic (exact) mass is 324 g/mol. The number of rotatable bonds is 3. The summed E-state index contributed by atoms with van der Waals surface area (Å²) in [5.41, 5.74) is 0. The van der Waals surface area contributed by atoms with E-state index in [2.05, 4.69) is 6.07 Å². The van der Waals surface area contributed by atoms with Gasteiger partial charge in [0.1, 0.15) is 6.04 Å². The Bertz CT molecular complexity index is 434. The highest BCUT2D eigenvalue weighted by atomic mass is 19.4. The maximum absolute atomic E-state index is 11.8. The fourth-order valence-corrected chi connectivity index (χ4v) is 1.63. The molecule has 0 aromatic carbocycles. The van der Waals surface area contributed by atoms with Gasteiger partial charge in [0.2, 0.25) is 5.91 Å². The lowest BCUT2D eigenvalue weighted by Crippen LogP contribution is -2.47. The largest absolute Gasteiger partial charge is 0.490 e. The van der Waals surface area contributed by atoms with Gasteiger partial charge in [-0.05, 0) is 26.7 Å². The zero-order valence-corrected chi connectivity index (χ0v) is 12.3. The fraction of sp³-hybridized carbons (Fsp3) is 0.750. The van der Waals surface area contributed by atoms with E-state index in [1.807, 2.05) is 13.8 Å². The summed E-state index contributed by atoms with van der Waals surface area (Å²) in [6.45, 7) is 4.73. The van der Waals surface area contributed by atoms with Gasteiger partial charge in [-0.25, -0.2) is 9.80 Å². The van der Waals surface area contributed by atoms with Crippen molar-refractivity contribution in [2.24, 2.45) is 5.84 Å². The van der Waals surface area contributed by atoms with Crippen LogP contribution < -0.4 is 5.84 Å². The molecule has 1 rings (SSSR count). The summed E-state index contributed by atoms with van der Waals surface area (Å²) in [6, 6.07) is 2.03. The first-order valence-corrected chi connectivity index (χ1v) is 6.51. The molecule has 1 heterocycles. The van der Waals surface area contributed by atoms with Crippen molar-refractivity contribution < 1.29 is 27.9 Å². The fourth-order valence-electron chi connectivity index (χ4n) is 1.63. The molecule has 0 radical (unpaired) electrons. The van der Waals surface area contributed by atoms with Gasteiger partial charge in [0.25, 0.3) is 0 Å². The van der Waals surface area contributed by atoms with E-state index in [0.29, 0.717) is 6.54 Å². The lowest BCUT2D eigenvalue weighted by molar-refractivity contribution is -0.192. The number of alkyl halides is 3. The third kappa shape index (κ3) is 6.73. The Labute approximate surface area is 126 Å². The van der Waals surface area contributed by atoms with E-state index in [0.717, 1.165) is 12.8 Å². The molecule has 126 valence electrons. The van der Waals surface area contributed by atoms with Gasteiger partial charge in [-0.2, -0.15) is 18.4 Å². The molecule has 1 aliphatic rings. The number of likely N-dealkylation sites (tertiary alicyclic amines) is 1. The van der Waals surface area contributed by atoms with Crippen LogP contribution in [0.4, 0.5) is 13.2 Å². The lowest BCUT2D eigenvalue weighted by Gasteiger charge is -2.25. The van der Waals surface area contributed by atoms with Crippen LogP contribution in [0.3, 0.4) is 0 Å². The van der Waals surface area contributed by atoms with Crippen molar-refractivity contribution in [3.05, 3.63) is 0 Å². The first kappa shape index (κ1) is 20.1. The molecule has 0 aromatic heterocycles. The van der Waals surface area contributed by atoms with Crippen molar-refractivity contribution >= 4 is 11.9 Å². The normalized spacial score (nSPS) is 18.0. The van der Waals surface area contributed by atoms with Crippen LogP contribution in [0.1, 0.15) is 26.7 Å². The number of aliphatic carboxylic acids is 1. The van der Waals surface area contributed by atoms with Crippen molar-refractivity contribution in [1.82, 2.24) is 9.91 Å². The Hall–Kier alpha value is -1.86. The molecule has 1 saturated heterocycles. The molecule has 22 heavy (non-hydrogen) atoms. The topological polar surface area (TPSA) is 111 Å². The highest BCUT2D eigenvalue weighted by Crippen LogP contribution is 2.16. The summed E-state index contributed by atoms with van der Waals surface area (Å²) >= 11 is 0. The third-order valence-electron chi connectivity index (χ3n) is 2.95. The molecule has 0 aromatic rings. The van der Waals surface area contributed by atoms with Crippen molar-refractivity contribution in [3.63, 3.8) is 0 Å². The average molecular weight is 324 g/mol. The SMILES string of the molecule is CC(C)N(N)CC(=O)N1CCCC1C#N.O=C(O)C(F)(F)F. The van der Waals surface area contributed by atoms with Crippen LogP contribution in [0.25, 0.3) is 0 Å². The van der Waals surface area contributed by atoms with Gasteiger partial charge in [0.05, 0.1) is 12.6 Å². The van der Waals surface area contributed by atoms with E-state index in [-0.39, 0.29) is 24.5 Å². The van der Waals surface area contributed by atoms with Crippen molar-refractivity contribution in [2.75, 3.05) is 13.1 Å². The molecule has 0 aliphatic carbocycles. The van der Waals surface area contributed by atoms with E-state index in [1.54, 1.807) is 4.90 Å². The molecule has 3 N–H and O–H groups in total. The molecular weight excluding hydrogens is 305 g/mol. The molecular formula is C12H19F3N4O3. The number of halogens is 3. The zero-order chi connectivity index (χ0) is 17.5. The number of nitrogens with two attached hydrogens (primary N) is 1. The molecule has 1 unspecified atom stereocenters. The molecule has 1 amide bonds. The minimum Gasteiger partial charge on any atom is -0.475 e. The van der Waals surface area contributed by atoms with E-state index >= 15 is 0 Å². The first-order chi connectivity index (χ1) is 10.0. The van der Waals surface area contributed by atoms with Crippen LogP contribution >= 0.6 is 0 Å². The van der Waals surface area contributed by atoms with Crippen LogP contribution in [0, 0.1) is 11.3 Å². The second-order valence-corrected chi connectivity index (χ2v) is 4.94. The van der Waals surface area contributed by atoms with E-state index in [1.165, 1.54) is 5.01 Å². The minimum atomic E-state index is -5.08. The van der Waals surface area contributed by atoms with Gasteiger partial charge in [0.15, 0.2) is 0 Å². The Morgan fingerprint density at radius 2 is 2.00 bits per heavy atom. The van der Waals surface area contributed by atoms with Crippen LogP contribution in [-0.4, -0.2) is 58.2 Å². The summed E-state index contributed by atoms with van der Waals surface area (Å²) in [6.07, 6.45) is -3.38. The number of nitrogens with zero attached hydrogens (tertiary/aromatic N) is 3. The predicted molar refractivity (Wildman–Crippen MR) is 70.1 cm³/mol. The second-order valence-electron chi connectivity index (χ2n) is 4.94. The quantitative estimate of drug-likeness (QED) is 0.584. The van der Waals surface area contributed by atoms with Crippen LogP contribution in [0.15, 0.2) is 0 Å². The average Bonchev–Trinajstić information content (AvgIpc) is 2.86. The highest BCUT2D eigenvalue weighted by molar-refractivity contribution is 5.79. The van der Waals surface area contributed by atoms with Gasteiger partial charge < -0.3 is 10.0 Å². The molecule has 7 nitrogen and oxygen atoms in total. The predicted octanol–water partition coefficient (Wildman–Crippen LogP) is 0.718. The number of carbonyl (C=O) groups excluding carboxylic acids is 1. The molecule has 1 fully saturated rings. The maximum atomic E-state index is 11.8. The Kier molecular flexibility index (Phi) is 7.83. The van der Waals surface area contributed by atoms with Crippen LogP contribution in [-0.2, 0) is 9.59 Å². The molecule has 0 bridgehead atoms. The van der Waals surface area contributed by atoms with Gasteiger partial charge in [-0.15, -0.1) is 0 Å². The molecule has 0 spiro atoms. The molecule has 1 atom stereocenters. The van der Waals surface area contributed by atoms with Crippen molar-refractivity contribution in [3.8, 4) is 6.07 Å². The number of hydrogen-bond acceptors (Lipinski definition) is 5. The molecule has 0 saturated carbocycles. The van der Waals surface area contributed by atoms with Crippen LogP contribution in [0.2, 0.25) is 0 Å². The van der Waals surface area contributed by atoms with E-state index in [4.69, 9.17) is 21.0 Å². The molecule has 1 aliphatic heterocycles. The van der Waals surface area contributed by atoms with Crippen LogP contribution in [0.5, 0.6) is 0 Å². The smallest absolute Gasteiger partial charge is 0.475 e. The third-order valence-corrected chi connectivity index (χ3v) is 2.95. The maximum Gasteiger partial charge on any atom is 0.490 e. The van der Waals surface area contributed by atoms with E-state index < -0.39 is 12.1 Å². The van der Waals surface area contributed by atoms with Gasteiger partial charge in [-0.1, -0.05) is 0 Å². The number of carboxylic acid groups (broad SMARTS) is 1. The van der Waals surface area contributed by atoms with E-state index in [9.17, 15) is 18.0 Å². The van der Waals surface area contributed by atoms with Gasteiger partial charge in [0, 0.05) is 12.6 Å². The number of carbonyl (C=O) groups is 2. The minimum absolute atomic E-state index is 0.0461. The standard InChI is InChI=1S/C10H18N4O.C2HF3O2/c1-8(2)14(12)7-10(15)13-5-3-4-9(13)6-11;3-2(4,5)1(6)7/h8-9H,3-5,7,12H2,1-2H3;(H,6,7). The highest BCUT2D eigenvalue weighted by Gasteiger charge is 2.38. The summed E-state index contributed by atoms with van der Waals surface area (Å²) in [4.78, 5) is 22.3. The van der Waals surface area contributed by atoms with Crippen molar-refractivity contribution in [2.45, 2.75) is 44.9 Å².